The van der Waals surface area contributed by atoms with Crippen LogP contribution in [0.2, 0.25) is 0 Å². The van der Waals surface area contributed by atoms with Crippen molar-refractivity contribution in [3.05, 3.63) is 38.7 Å². The number of aryl methyl sites for hydroxylation is 1. The van der Waals surface area contributed by atoms with Crippen LogP contribution in [0, 0.1) is 0 Å². The molecule has 2 aromatic rings. The Morgan fingerprint density at radius 1 is 1.24 bits per heavy atom. The van der Waals surface area contributed by atoms with Crippen molar-refractivity contribution in [3.8, 4) is 0 Å². The summed E-state index contributed by atoms with van der Waals surface area (Å²) in [6, 6.07) is 1.61. The third-order valence-electron chi connectivity index (χ3n) is 4.30. The number of pyridine rings is 1. The lowest BCUT2D eigenvalue weighted by molar-refractivity contribution is 0.0655. The van der Waals surface area contributed by atoms with E-state index < -0.39 is 11.2 Å². The molecule has 1 atom stereocenters. The summed E-state index contributed by atoms with van der Waals surface area (Å²) in [5.74, 6) is -0.149. The standard InChI is InChI=1S/C15H19N5O3.2ClH/c1-9-7-16-4-5-20(9)13(21)10-6-11-12(17-8-10)18(2)15(23)19(3)14(11)22;;/h6,8-9,16H,4-5,7H2,1-3H3;2*1H/t9-;;/m0../s1. The molecule has 0 unspecified atom stereocenters. The fourth-order valence-corrected chi connectivity index (χ4v) is 2.89. The fourth-order valence-electron chi connectivity index (χ4n) is 2.89. The van der Waals surface area contributed by atoms with Gasteiger partial charge in [-0.25, -0.2) is 9.78 Å². The van der Waals surface area contributed by atoms with Gasteiger partial charge in [0.05, 0.1) is 10.9 Å². The number of aromatic nitrogens is 3. The first kappa shape index (κ1) is 21.1. The zero-order valence-electron chi connectivity index (χ0n) is 14.2. The molecule has 1 aliphatic rings. The van der Waals surface area contributed by atoms with Crippen molar-refractivity contribution in [2.75, 3.05) is 19.6 Å². The summed E-state index contributed by atoms with van der Waals surface area (Å²) in [6.45, 7) is 4.07. The van der Waals surface area contributed by atoms with Crippen molar-refractivity contribution in [3.63, 3.8) is 0 Å². The lowest BCUT2D eigenvalue weighted by atomic mass is 10.1. The van der Waals surface area contributed by atoms with Gasteiger partial charge in [-0.15, -0.1) is 24.8 Å². The molecule has 0 aliphatic carbocycles. The highest BCUT2D eigenvalue weighted by Gasteiger charge is 2.25. The molecule has 1 N–H and O–H groups in total. The zero-order valence-corrected chi connectivity index (χ0v) is 15.8. The van der Waals surface area contributed by atoms with E-state index in [0.717, 1.165) is 17.7 Å². The molecule has 0 saturated carbocycles. The van der Waals surface area contributed by atoms with Gasteiger partial charge in [-0.05, 0) is 13.0 Å². The van der Waals surface area contributed by atoms with Crippen LogP contribution in [0.5, 0.6) is 0 Å². The molecule has 1 fully saturated rings. The molecule has 3 rings (SSSR count). The van der Waals surface area contributed by atoms with Gasteiger partial charge in [0.1, 0.15) is 5.65 Å². The number of hydrogen-bond acceptors (Lipinski definition) is 5. The Morgan fingerprint density at radius 2 is 1.92 bits per heavy atom. The molecule has 1 saturated heterocycles. The monoisotopic (exact) mass is 389 g/mol. The van der Waals surface area contributed by atoms with Crippen LogP contribution in [0.4, 0.5) is 0 Å². The molecule has 0 bridgehead atoms. The van der Waals surface area contributed by atoms with E-state index in [-0.39, 0.29) is 47.8 Å². The molecule has 3 heterocycles. The summed E-state index contributed by atoms with van der Waals surface area (Å²) >= 11 is 0. The Bertz CT molecular complexity index is 908. The van der Waals surface area contributed by atoms with Crippen LogP contribution < -0.4 is 16.6 Å². The van der Waals surface area contributed by atoms with Gasteiger partial charge in [0.25, 0.3) is 11.5 Å². The highest BCUT2D eigenvalue weighted by atomic mass is 35.5. The molecule has 0 aromatic carbocycles. The summed E-state index contributed by atoms with van der Waals surface area (Å²) in [5, 5.41) is 3.50. The predicted octanol–water partition coefficient (Wildman–Crippen LogP) is -0.0903. The maximum atomic E-state index is 12.7. The van der Waals surface area contributed by atoms with Gasteiger partial charge in [-0.1, -0.05) is 0 Å². The van der Waals surface area contributed by atoms with Crippen LogP contribution >= 0.6 is 24.8 Å². The summed E-state index contributed by atoms with van der Waals surface area (Å²) < 4.78 is 2.32. The van der Waals surface area contributed by atoms with E-state index in [1.165, 1.54) is 23.9 Å². The molecular weight excluding hydrogens is 369 g/mol. The number of amides is 1. The van der Waals surface area contributed by atoms with Crippen molar-refractivity contribution in [1.29, 1.82) is 0 Å². The number of nitrogens with one attached hydrogen (secondary N) is 1. The molecule has 1 amide bonds. The molecular formula is C15H21Cl2N5O3. The van der Waals surface area contributed by atoms with Crippen molar-refractivity contribution in [1.82, 2.24) is 24.3 Å². The number of halogens is 2. The predicted molar refractivity (Wildman–Crippen MR) is 100 cm³/mol. The molecule has 10 heteroatoms. The minimum Gasteiger partial charge on any atom is -0.333 e. The summed E-state index contributed by atoms with van der Waals surface area (Å²) in [6.07, 6.45) is 1.43. The van der Waals surface area contributed by atoms with Gasteiger partial charge in [-0.3, -0.25) is 18.7 Å². The van der Waals surface area contributed by atoms with Gasteiger partial charge in [0.15, 0.2) is 0 Å². The smallest absolute Gasteiger partial charge is 0.332 e. The Hall–Kier alpha value is -1.90. The average Bonchev–Trinajstić information content (AvgIpc) is 2.57. The lowest BCUT2D eigenvalue weighted by Crippen LogP contribution is -2.52. The number of carbonyl (C=O) groups excluding carboxylic acids is 1. The van der Waals surface area contributed by atoms with Crippen molar-refractivity contribution < 1.29 is 4.79 Å². The normalized spacial score (nSPS) is 16.9. The average molecular weight is 390 g/mol. The quantitative estimate of drug-likeness (QED) is 0.735. The fraction of sp³-hybridized carbons (Fsp3) is 0.467. The summed E-state index contributed by atoms with van der Waals surface area (Å²) in [7, 11) is 2.97. The Labute approximate surface area is 156 Å². The van der Waals surface area contributed by atoms with E-state index in [9.17, 15) is 14.4 Å². The maximum absolute atomic E-state index is 12.7. The third-order valence-corrected chi connectivity index (χ3v) is 4.30. The number of nitrogens with zero attached hydrogens (tertiary/aromatic N) is 4. The highest BCUT2D eigenvalue weighted by molar-refractivity contribution is 5.97. The van der Waals surface area contributed by atoms with Crippen molar-refractivity contribution in [2.45, 2.75) is 13.0 Å². The number of fused-ring (bicyclic) bond motifs is 1. The number of rotatable bonds is 1. The molecule has 0 spiro atoms. The van der Waals surface area contributed by atoms with Crippen LogP contribution in [0.1, 0.15) is 17.3 Å². The molecule has 25 heavy (non-hydrogen) atoms. The van der Waals surface area contributed by atoms with E-state index in [1.807, 2.05) is 6.92 Å². The molecule has 8 nitrogen and oxygen atoms in total. The van der Waals surface area contributed by atoms with Crippen LogP contribution in [-0.2, 0) is 14.1 Å². The number of hydrogen-bond donors (Lipinski definition) is 1. The Kier molecular flexibility index (Phi) is 6.75. The van der Waals surface area contributed by atoms with Crippen molar-refractivity contribution in [2.24, 2.45) is 14.1 Å². The highest BCUT2D eigenvalue weighted by Crippen LogP contribution is 2.13. The van der Waals surface area contributed by atoms with Gasteiger partial charge in [0, 0.05) is 46.0 Å². The van der Waals surface area contributed by atoms with E-state index in [0.29, 0.717) is 12.1 Å². The number of piperazine rings is 1. The Balaban J connectivity index is 0.00000156. The molecule has 138 valence electrons. The van der Waals surface area contributed by atoms with Crippen molar-refractivity contribution >= 4 is 41.8 Å². The van der Waals surface area contributed by atoms with Crippen LogP contribution in [-0.4, -0.2) is 50.6 Å². The topological polar surface area (TPSA) is 89.2 Å². The van der Waals surface area contributed by atoms with Gasteiger partial charge >= 0.3 is 5.69 Å². The summed E-state index contributed by atoms with van der Waals surface area (Å²) in [4.78, 5) is 42.8. The van der Waals surface area contributed by atoms with Crippen LogP contribution in [0.15, 0.2) is 21.9 Å². The lowest BCUT2D eigenvalue weighted by Gasteiger charge is -2.34. The van der Waals surface area contributed by atoms with E-state index >= 15 is 0 Å². The summed E-state index contributed by atoms with van der Waals surface area (Å²) in [5.41, 5.74) is -0.242. The largest absolute Gasteiger partial charge is 0.333 e. The molecule has 1 aliphatic heterocycles. The van der Waals surface area contributed by atoms with Gasteiger partial charge in [0.2, 0.25) is 0 Å². The first-order valence-corrected chi connectivity index (χ1v) is 7.49. The first-order valence-electron chi connectivity index (χ1n) is 7.49. The third kappa shape index (κ3) is 3.56. The van der Waals surface area contributed by atoms with Gasteiger partial charge in [-0.2, -0.15) is 0 Å². The van der Waals surface area contributed by atoms with Gasteiger partial charge < -0.3 is 10.2 Å². The molecule has 0 radical (unpaired) electrons. The minimum atomic E-state index is -0.446. The second kappa shape index (κ2) is 7.99. The maximum Gasteiger partial charge on any atom is 0.332 e. The van der Waals surface area contributed by atoms with Crippen LogP contribution in [0.25, 0.3) is 11.0 Å². The second-order valence-electron chi connectivity index (χ2n) is 5.85. The second-order valence-corrected chi connectivity index (χ2v) is 5.85. The van der Waals surface area contributed by atoms with E-state index in [2.05, 4.69) is 10.3 Å². The Morgan fingerprint density at radius 3 is 2.56 bits per heavy atom. The number of carbonyl (C=O) groups is 1. The molecule has 2 aromatic heterocycles. The zero-order chi connectivity index (χ0) is 16.7. The van der Waals surface area contributed by atoms with E-state index in [1.54, 1.807) is 11.9 Å². The van der Waals surface area contributed by atoms with E-state index in [4.69, 9.17) is 0 Å². The SMILES string of the molecule is C[C@H]1CNCCN1C(=O)c1cnc2c(c1)c(=O)n(C)c(=O)n2C.Cl.Cl. The minimum absolute atomic E-state index is 0. The van der Waals surface area contributed by atoms with Crippen LogP contribution in [0.3, 0.4) is 0 Å². The first-order chi connectivity index (χ1) is 10.9.